The first-order valence-corrected chi connectivity index (χ1v) is 11.6. The number of fused-ring (bicyclic) bond motifs is 1. The highest BCUT2D eigenvalue weighted by atomic mass is 16.6. The fourth-order valence-electron chi connectivity index (χ4n) is 4.77. The van der Waals surface area contributed by atoms with Crippen LogP contribution in [-0.4, -0.2) is 52.0 Å². The Kier molecular flexibility index (Phi) is 6.08. The van der Waals surface area contributed by atoms with Crippen LogP contribution in [0.15, 0.2) is 30.3 Å². The van der Waals surface area contributed by atoms with Gasteiger partial charge >= 0.3 is 5.97 Å². The van der Waals surface area contributed by atoms with Gasteiger partial charge in [-0.15, -0.1) is 0 Å². The Morgan fingerprint density at radius 2 is 1.94 bits per heavy atom. The summed E-state index contributed by atoms with van der Waals surface area (Å²) in [5.74, 6) is 1.21. The van der Waals surface area contributed by atoms with Crippen LogP contribution < -0.4 is 19.5 Å². The van der Waals surface area contributed by atoms with Crippen molar-refractivity contribution in [1.82, 2.24) is 5.32 Å². The third-order valence-electron chi connectivity index (χ3n) is 7.00. The van der Waals surface area contributed by atoms with Gasteiger partial charge in [0.15, 0.2) is 11.5 Å². The summed E-state index contributed by atoms with van der Waals surface area (Å²) in [6.45, 7) is 1.74. The van der Waals surface area contributed by atoms with Gasteiger partial charge in [0.05, 0.1) is 27.4 Å². The molecule has 34 heavy (non-hydrogen) atoms. The standard InChI is InChI=1S/C26H29NO7/c1-30-21-7-6-19(16-4-5-20-17(12-16)13-27-24(20)28)22(23(21)31-2)33-15-26(9-3-10-26)25(29)34-18-8-11-32-14-18/h4-7,12,18H,3,8-11,13-15H2,1-2H3,(H,27,28)/t18-/m1/s1. The van der Waals surface area contributed by atoms with E-state index in [1.807, 2.05) is 30.3 Å². The molecule has 8 nitrogen and oxygen atoms in total. The van der Waals surface area contributed by atoms with E-state index in [1.165, 1.54) is 0 Å². The number of carbonyl (C=O) groups is 2. The van der Waals surface area contributed by atoms with Crippen LogP contribution in [0.25, 0.3) is 11.1 Å². The molecule has 5 rings (SSSR count). The van der Waals surface area contributed by atoms with Crippen molar-refractivity contribution in [1.29, 1.82) is 0 Å². The van der Waals surface area contributed by atoms with Gasteiger partial charge in [-0.1, -0.05) is 12.5 Å². The molecule has 3 aliphatic rings. The van der Waals surface area contributed by atoms with E-state index in [9.17, 15) is 9.59 Å². The van der Waals surface area contributed by atoms with Gasteiger partial charge < -0.3 is 29.0 Å². The zero-order valence-electron chi connectivity index (χ0n) is 19.5. The van der Waals surface area contributed by atoms with Crippen molar-refractivity contribution in [3.8, 4) is 28.4 Å². The summed E-state index contributed by atoms with van der Waals surface area (Å²) in [6, 6.07) is 9.43. The Labute approximate surface area is 198 Å². The Bertz CT molecular complexity index is 1100. The van der Waals surface area contributed by atoms with E-state index in [0.29, 0.717) is 55.4 Å². The van der Waals surface area contributed by atoms with Crippen LogP contribution in [0.2, 0.25) is 0 Å². The molecule has 0 bridgehead atoms. The number of ether oxygens (including phenoxy) is 5. The van der Waals surface area contributed by atoms with Crippen molar-refractivity contribution in [2.75, 3.05) is 34.0 Å². The highest BCUT2D eigenvalue weighted by Crippen LogP contribution is 2.48. The second-order valence-corrected chi connectivity index (χ2v) is 9.05. The highest BCUT2D eigenvalue weighted by molar-refractivity contribution is 5.99. The molecule has 1 aliphatic carbocycles. The molecule has 0 aromatic heterocycles. The topological polar surface area (TPSA) is 92.3 Å². The van der Waals surface area contributed by atoms with E-state index < -0.39 is 5.41 Å². The lowest BCUT2D eigenvalue weighted by atomic mass is 9.69. The van der Waals surface area contributed by atoms with Crippen LogP contribution in [0.3, 0.4) is 0 Å². The number of benzene rings is 2. The molecular weight excluding hydrogens is 438 g/mol. The van der Waals surface area contributed by atoms with Crippen LogP contribution in [0.4, 0.5) is 0 Å². The van der Waals surface area contributed by atoms with Gasteiger partial charge in [-0.05, 0) is 48.2 Å². The molecule has 2 fully saturated rings. The number of rotatable bonds is 8. The van der Waals surface area contributed by atoms with Crippen molar-refractivity contribution in [3.63, 3.8) is 0 Å². The first-order valence-electron chi connectivity index (χ1n) is 11.6. The van der Waals surface area contributed by atoms with E-state index in [2.05, 4.69) is 5.32 Å². The molecule has 0 radical (unpaired) electrons. The van der Waals surface area contributed by atoms with Crippen LogP contribution in [0.1, 0.15) is 41.6 Å². The molecule has 180 valence electrons. The first-order chi connectivity index (χ1) is 16.5. The van der Waals surface area contributed by atoms with E-state index in [4.69, 9.17) is 23.7 Å². The van der Waals surface area contributed by atoms with Gasteiger partial charge in [0.25, 0.3) is 5.91 Å². The van der Waals surface area contributed by atoms with Gasteiger partial charge in [0.2, 0.25) is 5.75 Å². The van der Waals surface area contributed by atoms with E-state index in [1.54, 1.807) is 14.2 Å². The van der Waals surface area contributed by atoms with Gasteiger partial charge in [-0.2, -0.15) is 0 Å². The van der Waals surface area contributed by atoms with Gasteiger partial charge in [-0.3, -0.25) is 9.59 Å². The smallest absolute Gasteiger partial charge is 0.315 e. The molecule has 2 aromatic carbocycles. The predicted molar refractivity (Wildman–Crippen MR) is 123 cm³/mol. The number of nitrogens with one attached hydrogen (secondary N) is 1. The summed E-state index contributed by atoms with van der Waals surface area (Å²) in [5, 5.41) is 2.85. The van der Waals surface area contributed by atoms with Crippen molar-refractivity contribution >= 4 is 11.9 Å². The second-order valence-electron chi connectivity index (χ2n) is 9.05. The second kappa shape index (κ2) is 9.18. The maximum Gasteiger partial charge on any atom is 0.315 e. The van der Waals surface area contributed by atoms with Gasteiger partial charge in [0, 0.05) is 24.1 Å². The molecule has 0 unspecified atom stereocenters. The van der Waals surface area contributed by atoms with Crippen molar-refractivity contribution in [2.24, 2.45) is 5.41 Å². The Balaban J connectivity index is 1.45. The fourth-order valence-corrected chi connectivity index (χ4v) is 4.77. The summed E-state index contributed by atoms with van der Waals surface area (Å²) in [7, 11) is 3.13. The molecule has 1 saturated carbocycles. The third kappa shape index (κ3) is 3.96. The molecule has 1 atom stereocenters. The molecule has 2 heterocycles. The monoisotopic (exact) mass is 467 g/mol. The molecule has 2 aliphatic heterocycles. The van der Waals surface area contributed by atoms with Crippen LogP contribution in [0, 0.1) is 5.41 Å². The number of methoxy groups -OCH3 is 2. The summed E-state index contributed by atoms with van der Waals surface area (Å²) < 4.78 is 28.6. The highest BCUT2D eigenvalue weighted by Gasteiger charge is 2.48. The number of carbonyl (C=O) groups excluding carboxylic acids is 2. The minimum Gasteiger partial charge on any atom is -0.493 e. The minimum absolute atomic E-state index is 0.0663. The predicted octanol–water partition coefficient (Wildman–Crippen LogP) is 3.50. The minimum atomic E-state index is -0.678. The van der Waals surface area contributed by atoms with Crippen molar-refractivity contribution in [3.05, 3.63) is 41.5 Å². The zero-order valence-corrected chi connectivity index (χ0v) is 19.5. The van der Waals surface area contributed by atoms with Crippen molar-refractivity contribution < 1.29 is 33.3 Å². The first kappa shape index (κ1) is 22.5. The van der Waals surface area contributed by atoms with Gasteiger partial charge in [0.1, 0.15) is 18.1 Å². The maximum absolute atomic E-state index is 13.1. The van der Waals surface area contributed by atoms with E-state index in [-0.39, 0.29) is 24.6 Å². The number of hydrogen-bond donors (Lipinski definition) is 1. The molecule has 1 saturated heterocycles. The average Bonchev–Trinajstić information content (AvgIpc) is 3.47. The Morgan fingerprint density at radius 3 is 2.62 bits per heavy atom. The molecule has 1 amide bonds. The Morgan fingerprint density at radius 1 is 1.12 bits per heavy atom. The summed E-state index contributed by atoms with van der Waals surface area (Å²) in [4.78, 5) is 25.0. The van der Waals surface area contributed by atoms with E-state index >= 15 is 0 Å². The Hall–Kier alpha value is -3.26. The number of esters is 1. The summed E-state index contributed by atoms with van der Waals surface area (Å²) in [5.41, 5.74) is 2.62. The van der Waals surface area contributed by atoms with Crippen LogP contribution in [-0.2, 0) is 20.8 Å². The van der Waals surface area contributed by atoms with Crippen LogP contribution in [0.5, 0.6) is 17.2 Å². The summed E-state index contributed by atoms with van der Waals surface area (Å²) in [6.07, 6.45) is 2.93. The van der Waals surface area contributed by atoms with Crippen LogP contribution >= 0.6 is 0 Å². The lowest BCUT2D eigenvalue weighted by molar-refractivity contribution is -0.170. The van der Waals surface area contributed by atoms with Crippen molar-refractivity contribution in [2.45, 2.75) is 38.3 Å². The molecule has 0 spiro atoms. The molecule has 2 aromatic rings. The third-order valence-corrected chi connectivity index (χ3v) is 7.00. The quantitative estimate of drug-likeness (QED) is 0.594. The molecular formula is C26H29NO7. The average molecular weight is 468 g/mol. The SMILES string of the molecule is COc1ccc(-c2ccc3c(c2)CNC3=O)c(OCC2(C(=O)O[C@@H]3CCOC3)CCC2)c1OC. The molecule has 8 heteroatoms. The lowest BCUT2D eigenvalue weighted by Gasteiger charge is -2.39. The summed E-state index contributed by atoms with van der Waals surface area (Å²) >= 11 is 0. The number of hydrogen-bond acceptors (Lipinski definition) is 7. The van der Waals surface area contributed by atoms with Gasteiger partial charge in [-0.25, -0.2) is 0 Å². The largest absolute Gasteiger partial charge is 0.493 e. The maximum atomic E-state index is 13.1. The number of amides is 1. The van der Waals surface area contributed by atoms with E-state index in [0.717, 1.165) is 29.5 Å². The lowest BCUT2D eigenvalue weighted by Crippen LogP contribution is -2.45. The normalized spacial score (nSPS) is 20.2. The fraction of sp³-hybridized carbons (Fsp3) is 0.462. The zero-order chi connectivity index (χ0) is 23.7. The molecule has 1 N–H and O–H groups in total.